The molecule has 0 N–H and O–H groups in total. The number of anilines is 1. The van der Waals surface area contributed by atoms with Crippen LogP contribution in [0.25, 0.3) is 0 Å². The van der Waals surface area contributed by atoms with E-state index in [1.165, 1.54) is 12.1 Å². The van der Waals surface area contributed by atoms with Gasteiger partial charge in [0.05, 0.1) is 5.56 Å². The molecule has 100 valence electrons. The zero-order valence-electron chi connectivity index (χ0n) is 10.6. The molecule has 0 heterocycles. The standard InChI is InChI=1S/C13H16F3NO/c1-4-9(2)17(3)12-6-5-10(8-18)7-11(12)13(14,15)16/h5-9H,4H2,1-3H3. The van der Waals surface area contributed by atoms with Crippen LogP contribution in [-0.2, 0) is 6.18 Å². The van der Waals surface area contributed by atoms with Crippen molar-refractivity contribution in [3.05, 3.63) is 29.3 Å². The second-order valence-electron chi connectivity index (χ2n) is 4.26. The number of carbonyl (C=O) groups excluding carboxylic acids is 1. The maximum atomic E-state index is 12.9. The highest BCUT2D eigenvalue weighted by Gasteiger charge is 2.35. The molecule has 0 aliphatic heterocycles. The molecule has 0 radical (unpaired) electrons. The molecular formula is C13H16F3NO. The Morgan fingerprint density at radius 1 is 1.39 bits per heavy atom. The molecule has 1 unspecified atom stereocenters. The highest BCUT2D eigenvalue weighted by atomic mass is 19.4. The van der Waals surface area contributed by atoms with E-state index in [1.54, 1.807) is 11.9 Å². The van der Waals surface area contributed by atoms with E-state index in [1.807, 2.05) is 13.8 Å². The van der Waals surface area contributed by atoms with Crippen molar-refractivity contribution in [1.82, 2.24) is 0 Å². The Balaban J connectivity index is 3.30. The molecule has 1 aromatic carbocycles. The molecule has 0 bridgehead atoms. The zero-order valence-corrected chi connectivity index (χ0v) is 10.6. The van der Waals surface area contributed by atoms with Crippen LogP contribution in [0.5, 0.6) is 0 Å². The number of hydrogen-bond donors (Lipinski definition) is 0. The molecule has 0 aliphatic rings. The Morgan fingerprint density at radius 3 is 2.44 bits per heavy atom. The molecule has 0 fully saturated rings. The van der Waals surface area contributed by atoms with E-state index in [2.05, 4.69) is 0 Å². The topological polar surface area (TPSA) is 20.3 Å². The number of hydrogen-bond acceptors (Lipinski definition) is 2. The average molecular weight is 259 g/mol. The minimum absolute atomic E-state index is 0.00631. The number of rotatable bonds is 4. The number of carbonyl (C=O) groups is 1. The SMILES string of the molecule is CCC(C)N(C)c1ccc(C=O)cc1C(F)(F)F. The predicted octanol–water partition coefficient (Wildman–Crippen LogP) is 3.75. The van der Waals surface area contributed by atoms with Gasteiger partial charge in [-0.05, 0) is 31.5 Å². The summed E-state index contributed by atoms with van der Waals surface area (Å²) in [4.78, 5) is 12.2. The van der Waals surface area contributed by atoms with Crippen molar-refractivity contribution in [1.29, 1.82) is 0 Å². The van der Waals surface area contributed by atoms with Crippen LogP contribution >= 0.6 is 0 Å². The lowest BCUT2D eigenvalue weighted by atomic mass is 10.1. The van der Waals surface area contributed by atoms with Gasteiger partial charge in [0, 0.05) is 24.3 Å². The van der Waals surface area contributed by atoms with Gasteiger partial charge < -0.3 is 4.90 Å². The first-order valence-electron chi connectivity index (χ1n) is 5.70. The first-order chi connectivity index (χ1) is 8.31. The van der Waals surface area contributed by atoms with Gasteiger partial charge in [-0.15, -0.1) is 0 Å². The van der Waals surface area contributed by atoms with E-state index in [0.29, 0.717) is 6.29 Å². The third-order valence-corrected chi connectivity index (χ3v) is 3.09. The molecule has 5 heteroatoms. The van der Waals surface area contributed by atoms with Crippen LogP contribution < -0.4 is 4.90 Å². The molecule has 0 saturated heterocycles. The van der Waals surface area contributed by atoms with Crippen molar-refractivity contribution < 1.29 is 18.0 Å². The van der Waals surface area contributed by atoms with E-state index in [-0.39, 0.29) is 17.3 Å². The second kappa shape index (κ2) is 5.42. The van der Waals surface area contributed by atoms with Crippen LogP contribution in [0.4, 0.5) is 18.9 Å². The molecule has 0 saturated carbocycles. The number of halogens is 3. The highest BCUT2D eigenvalue weighted by molar-refractivity contribution is 5.77. The lowest BCUT2D eigenvalue weighted by Gasteiger charge is -2.29. The zero-order chi connectivity index (χ0) is 13.9. The first-order valence-corrected chi connectivity index (χ1v) is 5.70. The summed E-state index contributed by atoms with van der Waals surface area (Å²) in [5, 5.41) is 0. The first kappa shape index (κ1) is 14.5. The Hall–Kier alpha value is -1.52. The molecule has 18 heavy (non-hydrogen) atoms. The summed E-state index contributed by atoms with van der Waals surface area (Å²) in [7, 11) is 1.62. The minimum atomic E-state index is -4.46. The Labute approximate surface area is 104 Å². The van der Waals surface area contributed by atoms with Crippen molar-refractivity contribution >= 4 is 12.0 Å². The van der Waals surface area contributed by atoms with Crippen LogP contribution in [-0.4, -0.2) is 19.4 Å². The molecule has 0 amide bonds. The van der Waals surface area contributed by atoms with Crippen LogP contribution in [0.3, 0.4) is 0 Å². The summed E-state index contributed by atoms with van der Waals surface area (Å²) in [5.41, 5.74) is -0.638. The third kappa shape index (κ3) is 3.03. The molecule has 1 rings (SSSR count). The van der Waals surface area contributed by atoms with Gasteiger partial charge in [0.25, 0.3) is 0 Å². The van der Waals surface area contributed by atoms with Gasteiger partial charge in [-0.1, -0.05) is 6.92 Å². The number of aldehydes is 1. The van der Waals surface area contributed by atoms with E-state index in [4.69, 9.17) is 0 Å². The molecule has 1 atom stereocenters. The highest BCUT2D eigenvalue weighted by Crippen LogP contribution is 2.37. The Morgan fingerprint density at radius 2 is 2.00 bits per heavy atom. The van der Waals surface area contributed by atoms with Crippen molar-refractivity contribution in [2.75, 3.05) is 11.9 Å². The monoisotopic (exact) mass is 259 g/mol. The fourth-order valence-electron chi connectivity index (χ4n) is 1.67. The smallest absolute Gasteiger partial charge is 0.371 e. The maximum absolute atomic E-state index is 12.9. The summed E-state index contributed by atoms with van der Waals surface area (Å²) >= 11 is 0. The van der Waals surface area contributed by atoms with Crippen LogP contribution in [0, 0.1) is 0 Å². The Bertz CT molecular complexity index is 429. The second-order valence-corrected chi connectivity index (χ2v) is 4.26. The lowest BCUT2D eigenvalue weighted by Crippen LogP contribution is -2.30. The molecule has 2 nitrogen and oxygen atoms in total. The van der Waals surface area contributed by atoms with Gasteiger partial charge in [0.15, 0.2) is 0 Å². The summed E-state index contributed by atoms with van der Waals surface area (Å²) in [6.45, 7) is 3.77. The van der Waals surface area contributed by atoms with Crippen molar-refractivity contribution in [3.8, 4) is 0 Å². The molecular weight excluding hydrogens is 243 g/mol. The van der Waals surface area contributed by atoms with Crippen LogP contribution in [0.1, 0.15) is 36.2 Å². The Kier molecular flexibility index (Phi) is 4.38. The average Bonchev–Trinajstić information content (AvgIpc) is 2.35. The lowest BCUT2D eigenvalue weighted by molar-refractivity contribution is -0.137. The van der Waals surface area contributed by atoms with Crippen molar-refractivity contribution in [2.45, 2.75) is 32.5 Å². The summed E-state index contributed by atoms with van der Waals surface area (Å²) in [5.74, 6) is 0. The molecule has 1 aromatic rings. The van der Waals surface area contributed by atoms with E-state index in [0.717, 1.165) is 12.5 Å². The van der Waals surface area contributed by atoms with Gasteiger partial charge in [-0.2, -0.15) is 13.2 Å². The quantitative estimate of drug-likeness (QED) is 0.767. The van der Waals surface area contributed by atoms with Crippen molar-refractivity contribution in [2.24, 2.45) is 0 Å². The number of alkyl halides is 3. The van der Waals surface area contributed by atoms with Gasteiger partial charge in [-0.3, -0.25) is 4.79 Å². The molecule has 0 aromatic heterocycles. The van der Waals surface area contributed by atoms with Gasteiger partial charge in [0.1, 0.15) is 6.29 Å². The fraction of sp³-hybridized carbons (Fsp3) is 0.462. The van der Waals surface area contributed by atoms with Gasteiger partial charge >= 0.3 is 6.18 Å². The molecule has 0 aliphatic carbocycles. The largest absolute Gasteiger partial charge is 0.418 e. The third-order valence-electron chi connectivity index (χ3n) is 3.09. The van der Waals surface area contributed by atoms with Crippen molar-refractivity contribution in [3.63, 3.8) is 0 Å². The normalized spacial score (nSPS) is 13.2. The fourth-order valence-corrected chi connectivity index (χ4v) is 1.67. The van der Waals surface area contributed by atoms with Crippen LogP contribution in [0.15, 0.2) is 18.2 Å². The van der Waals surface area contributed by atoms with E-state index < -0.39 is 11.7 Å². The van der Waals surface area contributed by atoms with E-state index >= 15 is 0 Å². The number of benzene rings is 1. The summed E-state index contributed by atoms with van der Waals surface area (Å²) in [6, 6.07) is 3.63. The predicted molar refractivity (Wildman–Crippen MR) is 65.0 cm³/mol. The minimum Gasteiger partial charge on any atom is -0.371 e. The molecule has 0 spiro atoms. The number of nitrogens with zero attached hydrogens (tertiary/aromatic N) is 1. The summed E-state index contributed by atoms with van der Waals surface area (Å²) < 4.78 is 38.8. The maximum Gasteiger partial charge on any atom is 0.418 e. The summed E-state index contributed by atoms with van der Waals surface area (Å²) in [6.07, 6.45) is -3.30. The van der Waals surface area contributed by atoms with Gasteiger partial charge in [-0.25, -0.2) is 0 Å². The van der Waals surface area contributed by atoms with Gasteiger partial charge in [0.2, 0.25) is 0 Å². The van der Waals surface area contributed by atoms with E-state index in [9.17, 15) is 18.0 Å². The van der Waals surface area contributed by atoms with Crippen LogP contribution in [0.2, 0.25) is 0 Å².